The zero-order valence-corrected chi connectivity index (χ0v) is 16.3. The number of aryl methyl sites for hydroxylation is 1. The van der Waals surface area contributed by atoms with E-state index in [-0.39, 0.29) is 11.7 Å². The van der Waals surface area contributed by atoms with Crippen LogP contribution in [0.4, 0.5) is 0 Å². The van der Waals surface area contributed by atoms with Crippen molar-refractivity contribution in [1.82, 2.24) is 15.1 Å². The Labute approximate surface area is 162 Å². The second-order valence-electron chi connectivity index (χ2n) is 6.04. The molecule has 0 saturated heterocycles. The Morgan fingerprint density at radius 1 is 1.15 bits per heavy atom. The molecule has 0 aliphatic carbocycles. The van der Waals surface area contributed by atoms with Crippen molar-refractivity contribution in [1.29, 1.82) is 0 Å². The summed E-state index contributed by atoms with van der Waals surface area (Å²) in [5, 5.41) is 8.50. The molecule has 27 heavy (non-hydrogen) atoms. The van der Waals surface area contributed by atoms with Gasteiger partial charge in [-0.05, 0) is 24.6 Å². The van der Waals surface area contributed by atoms with Crippen molar-refractivity contribution in [3.8, 4) is 17.2 Å². The van der Waals surface area contributed by atoms with Gasteiger partial charge in [0, 0.05) is 24.7 Å². The lowest BCUT2D eigenvalue weighted by atomic mass is 10.1. The molecule has 0 fully saturated rings. The van der Waals surface area contributed by atoms with Gasteiger partial charge >= 0.3 is 0 Å². The van der Waals surface area contributed by atoms with E-state index in [0.29, 0.717) is 17.7 Å². The zero-order valence-electron chi connectivity index (χ0n) is 15.5. The maximum absolute atomic E-state index is 12.4. The molecular weight excluding hydrogens is 362 g/mol. The van der Waals surface area contributed by atoms with Gasteiger partial charge < -0.3 is 14.1 Å². The van der Waals surface area contributed by atoms with E-state index in [1.54, 1.807) is 19.1 Å². The molecule has 0 aliphatic heterocycles. The van der Waals surface area contributed by atoms with Crippen LogP contribution in [0.15, 0.2) is 58.2 Å². The predicted molar refractivity (Wildman–Crippen MR) is 105 cm³/mol. The summed E-state index contributed by atoms with van der Waals surface area (Å²) in [4.78, 5) is 14.1. The smallest absolute Gasteiger partial charge is 0.277 e. The summed E-state index contributed by atoms with van der Waals surface area (Å²) < 4.78 is 11.0. The molecular formula is C20H21N3O3S. The van der Waals surface area contributed by atoms with Gasteiger partial charge in [0.25, 0.3) is 5.22 Å². The molecule has 0 N–H and O–H groups in total. The van der Waals surface area contributed by atoms with Crippen LogP contribution in [0.5, 0.6) is 5.75 Å². The minimum atomic E-state index is -0.0263. The highest BCUT2D eigenvalue weighted by Crippen LogP contribution is 2.26. The highest BCUT2D eigenvalue weighted by Gasteiger charge is 2.15. The number of methoxy groups -OCH3 is 1. The maximum Gasteiger partial charge on any atom is 0.277 e. The average molecular weight is 383 g/mol. The van der Waals surface area contributed by atoms with E-state index in [1.807, 2.05) is 55.5 Å². The predicted octanol–water partition coefficient (Wildman–Crippen LogP) is 3.80. The summed E-state index contributed by atoms with van der Waals surface area (Å²) in [6.45, 7) is 2.46. The number of hydrogen-bond acceptors (Lipinski definition) is 6. The van der Waals surface area contributed by atoms with Gasteiger partial charge in [0.2, 0.25) is 11.8 Å². The summed E-state index contributed by atoms with van der Waals surface area (Å²) in [5.41, 5.74) is 2.92. The number of nitrogens with zero attached hydrogens (tertiary/aromatic N) is 3. The average Bonchev–Trinajstić information content (AvgIpc) is 3.15. The van der Waals surface area contributed by atoms with Crippen molar-refractivity contribution in [2.24, 2.45) is 0 Å². The Bertz CT molecular complexity index is 926. The van der Waals surface area contributed by atoms with Gasteiger partial charge in [0.15, 0.2) is 0 Å². The van der Waals surface area contributed by atoms with Crippen LogP contribution in [0, 0.1) is 6.92 Å². The largest absolute Gasteiger partial charge is 0.496 e. The van der Waals surface area contributed by atoms with E-state index in [2.05, 4.69) is 10.2 Å². The lowest BCUT2D eigenvalue weighted by Gasteiger charge is -2.18. The zero-order chi connectivity index (χ0) is 19.2. The highest BCUT2D eigenvalue weighted by atomic mass is 32.2. The van der Waals surface area contributed by atoms with Gasteiger partial charge in [0.05, 0.1) is 12.9 Å². The van der Waals surface area contributed by atoms with Crippen LogP contribution < -0.4 is 4.74 Å². The normalized spacial score (nSPS) is 10.6. The Hall–Kier alpha value is -2.80. The lowest BCUT2D eigenvalue weighted by molar-refractivity contribution is -0.127. The van der Waals surface area contributed by atoms with Crippen LogP contribution in [0.3, 0.4) is 0 Å². The summed E-state index contributed by atoms with van der Waals surface area (Å²) >= 11 is 1.24. The third-order valence-corrected chi connectivity index (χ3v) is 4.93. The van der Waals surface area contributed by atoms with E-state index in [0.717, 1.165) is 22.4 Å². The van der Waals surface area contributed by atoms with Crippen molar-refractivity contribution in [2.45, 2.75) is 18.7 Å². The first kappa shape index (κ1) is 19.0. The van der Waals surface area contributed by atoms with Crippen LogP contribution >= 0.6 is 11.8 Å². The molecule has 0 spiro atoms. The van der Waals surface area contributed by atoms with Crippen LogP contribution in [-0.2, 0) is 11.3 Å². The number of hydrogen-bond donors (Lipinski definition) is 0. The molecule has 3 aromatic rings. The number of para-hydroxylation sites is 1. The highest BCUT2D eigenvalue weighted by molar-refractivity contribution is 7.99. The van der Waals surface area contributed by atoms with Crippen LogP contribution in [0.2, 0.25) is 0 Å². The second-order valence-corrected chi connectivity index (χ2v) is 6.96. The molecule has 7 heteroatoms. The molecule has 2 aromatic carbocycles. The number of benzene rings is 2. The van der Waals surface area contributed by atoms with Gasteiger partial charge in [-0.2, -0.15) is 0 Å². The molecule has 1 heterocycles. The third-order valence-electron chi connectivity index (χ3n) is 4.13. The van der Waals surface area contributed by atoms with Crippen molar-refractivity contribution < 1.29 is 13.9 Å². The fourth-order valence-electron chi connectivity index (χ4n) is 2.60. The van der Waals surface area contributed by atoms with Gasteiger partial charge in [-0.3, -0.25) is 4.79 Å². The first-order chi connectivity index (χ1) is 13.1. The van der Waals surface area contributed by atoms with E-state index in [1.165, 1.54) is 11.8 Å². The van der Waals surface area contributed by atoms with Crippen molar-refractivity contribution >= 4 is 17.7 Å². The SMILES string of the molecule is COc1ccccc1CN(C)C(=O)CSc1nnc(-c2ccccc2C)o1. The Morgan fingerprint density at radius 2 is 1.89 bits per heavy atom. The molecule has 1 aromatic heterocycles. The minimum absolute atomic E-state index is 0.0263. The molecule has 0 atom stereocenters. The molecule has 1 amide bonds. The van der Waals surface area contributed by atoms with E-state index in [9.17, 15) is 4.79 Å². The number of thioether (sulfide) groups is 1. The Morgan fingerprint density at radius 3 is 2.67 bits per heavy atom. The van der Waals surface area contributed by atoms with E-state index >= 15 is 0 Å². The molecule has 0 saturated carbocycles. The second kappa shape index (κ2) is 8.73. The first-order valence-electron chi connectivity index (χ1n) is 8.46. The molecule has 3 rings (SSSR count). The molecule has 140 valence electrons. The Balaban J connectivity index is 1.58. The molecule has 0 bridgehead atoms. The summed E-state index contributed by atoms with van der Waals surface area (Å²) in [5.74, 6) is 1.43. The Kier molecular flexibility index (Phi) is 6.13. The quantitative estimate of drug-likeness (QED) is 0.578. The van der Waals surface area contributed by atoms with E-state index in [4.69, 9.17) is 9.15 Å². The number of carbonyl (C=O) groups excluding carboxylic acids is 1. The van der Waals surface area contributed by atoms with Crippen molar-refractivity contribution in [3.05, 3.63) is 59.7 Å². The molecule has 6 nitrogen and oxygen atoms in total. The molecule has 0 unspecified atom stereocenters. The van der Waals surface area contributed by atoms with Gasteiger partial charge in [-0.15, -0.1) is 10.2 Å². The van der Waals surface area contributed by atoms with Gasteiger partial charge in [0.1, 0.15) is 5.75 Å². The van der Waals surface area contributed by atoms with E-state index < -0.39 is 0 Å². The van der Waals surface area contributed by atoms with Gasteiger partial charge in [-0.25, -0.2) is 0 Å². The summed E-state index contributed by atoms with van der Waals surface area (Å²) in [6, 6.07) is 15.5. The number of rotatable bonds is 7. The number of amides is 1. The van der Waals surface area contributed by atoms with Crippen LogP contribution in [0.1, 0.15) is 11.1 Å². The van der Waals surface area contributed by atoms with Gasteiger partial charge in [-0.1, -0.05) is 48.2 Å². The number of carbonyl (C=O) groups is 1. The molecule has 0 aliphatic rings. The number of aromatic nitrogens is 2. The lowest BCUT2D eigenvalue weighted by Crippen LogP contribution is -2.28. The number of ether oxygens (including phenoxy) is 1. The van der Waals surface area contributed by atoms with Crippen molar-refractivity contribution in [3.63, 3.8) is 0 Å². The van der Waals surface area contributed by atoms with Crippen molar-refractivity contribution in [2.75, 3.05) is 19.9 Å². The first-order valence-corrected chi connectivity index (χ1v) is 9.45. The fraction of sp³-hybridized carbons (Fsp3) is 0.250. The van der Waals surface area contributed by atoms with Crippen LogP contribution in [-0.4, -0.2) is 40.9 Å². The monoisotopic (exact) mass is 383 g/mol. The minimum Gasteiger partial charge on any atom is -0.496 e. The summed E-state index contributed by atoms with van der Waals surface area (Å²) in [7, 11) is 3.39. The topological polar surface area (TPSA) is 68.5 Å². The maximum atomic E-state index is 12.4. The molecule has 0 radical (unpaired) electrons. The summed E-state index contributed by atoms with van der Waals surface area (Å²) in [6.07, 6.45) is 0. The standard InChI is InChI=1S/C20H21N3O3S/c1-14-8-4-6-10-16(14)19-21-22-20(26-19)27-13-18(24)23(2)12-15-9-5-7-11-17(15)25-3/h4-11H,12-13H2,1-3H3. The third kappa shape index (κ3) is 4.68. The van der Waals surface area contributed by atoms with Crippen LogP contribution in [0.25, 0.3) is 11.5 Å². The fourth-order valence-corrected chi connectivity index (χ4v) is 3.30.